The fourth-order valence-electron chi connectivity index (χ4n) is 4.98. The van der Waals surface area contributed by atoms with Crippen LogP contribution in [-0.4, -0.2) is 75.7 Å². The fourth-order valence-corrected chi connectivity index (χ4v) is 4.98. The lowest BCUT2D eigenvalue weighted by atomic mass is 10.1. The summed E-state index contributed by atoms with van der Waals surface area (Å²) in [5.41, 5.74) is 3.69. The van der Waals surface area contributed by atoms with Crippen molar-refractivity contribution >= 4 is 28.8 Å². The number of rotatable bonds is 10. The lowest BCUT2D eigenvalue weighted by molar-refractivity contribution is 0.0988. The minimum absolute atomic E-state index is 0.00683. The third kappa shape index (κ3) is 4.77. The second-order valence-electron chi connectivity index (χ2n) is 10.2. The van der Waals surface area contributed by atoms with Gasteiger partial charge < -0.3 is 14.5 Å². The van der Waals surface area contributed by atoms with Crippen molar-refractivity contribution < 1.29 is 9.53 Å². The number of ketones is 1. The van der Waals surface area contributed by atoms with Crippen LogP contribution in [0.2, 0.25) is 0 Å². The van der Waals surface area contributed by atoms with Gasteiger partial charge in [-0.2, -0.15) is 5.10 Å². The molecule has 0 atom stereocenters. The number of aromatic nitrogens is 6. The molecule has 11 heteroatoms. The summed E-state index contributed by atoms with van der Waals surface area (Å²) >= 11 is 0. The summed E-state index contributed by atoms with van der Waals surface area (Å²) < 4.78 is 7.50. The smallest absolute Gasteiger partial charge is 0.184 e. The van der Waals surface area contributed by atoms with Gasteiger partial charge in [-0.25, -0.2) is 15.0 Å². The Bertz CT molecular complexity index is 1530. The molecule has 1 aromatic carbocycles. The van der Waals surface area contributed by atoms with Gasteiger partial charge in [0.2, 0.25) is 0 Å². The molecule has 5 rings (SSSR count). The molecule has 0 unspecified atom stereocenters. The van der Waals surface area contributed by atoms with Crippen LogP contribution in [0.4, 0.5) is 23.0 Å². The van der Waals surface area contributed by atoms with Gasteiger partial charge in [0.1, 0.15) is 12.1 Å². The van der Waals surface area contributed by atoms with Crippen molar-refractivity contribution in [3.63, 3.8) is 0 Å². The zero-order valence-corrected chi connectivity index (χ0v) is 24.1. The van der Waals surface area contributed by atoms with Crippen LogP contribution < -0.4 is 14.5 Å². The van der Waals surface area contributed by atoms with E-state index in [-0.39, 0.29) is 11.3 Å². The van der Waals surface area contributed by atoms with Crippen molar-refractivity contribution in [2.24, 2.45) is 7.05 Å². The quantitative estimate of drug-likeness (QED) is 0.269. The first-order chi connectivity index (χ1) is 19.2. The molecule has 3 heterocycles. The molecule has 1 fully saturated rings. The van der Waals surface area contributed by atoms with E-state index in [2.05, 4.69) is 34.1 Å². The maximum Gasteiger partial charge on any atom is 0.184 e. The topological polar surface area (TPSA) is 105 Å². The normalized spacial score (nSPS) is 13.8. The summed E-state index contributed by atoms with van der Waals surface area (Å²) in [6.45, 7) is 1.84. The number of methoxy groups -OCH3 is 1. The van der Waals surface area contributed by atoms with Crippen LogP contribution in [0.1, 0.15) is 42.2 Å². The van der Waals surface area contributed by atoms with Crippen molar-refractivity contribution in [3.05, 3.63) is 60.4 Å². The maximum absolute atomic E-state index is 13.0. The first-order valence-corrected chi connectivity index (χ1v) is 13.2. The highest BCUT2D eigenvalue weighted by molar-refractivity contribution is 6.02. The highest BCUT2D eigenvalue weighted by Gasteiger charge is 2.48. The molecule has 3 aromatic heterocycles. The van der Waals surface area contributed by atoms with E-state index in [1.54, 1.807) is 30.5 Å². The van der Waals surface area contributed by atoms with Crippen LogP contribution in [0.25, 0.3) is 11.4 Å². The van der Waals surface area contributed by atoms with Crippen LogP contribution in [0.15, 0.2) is 49.2 Å². The highest BCUT2D eigenvalue weighted by Crippen LogP contribution is 2.48. The average Bonchev–Trinajstić information content (AvgIpc) is 3.69. The van der Waals surface area contributed by atoms with E-state index >= 15 is 0 Å². The third-order valence-electron chi connectivity index (χ3n) is 7.63. The standard InChI is InChI=1S/C29H35N9O2/c1-8-23(39)20-15-31-25(38(6)26-17-30-24(16-32-26)29(12-13-29)35(2)3)14-22(20)37(5)21-11-9-10-19(27(21)40-7)28-33-18-36(4)34-28/h9-11,14-18H,8,12-13H2,1-7H3. The van der Waals surface area contributed by atoms with E-state index < -0.39 is 0 Å². The number of benzene rings is 1. The molecular formula is C29H35N9O2. The second kappa shape index (κ2) is 10.6. The van der Waals surface area contributed by atoms with Crippen molar-refractivity contribution in [2.45, 2.75) is 31.7 Å². The average molecular weight is 542 g/mol. The molecule has 0 bridgehead atoms. The fraction of sp³-hybridized carbons (Fsp3) is 0.379. The van der Waals surface area contributed by atoms with Gasteiger partial charge in [0.15, 0.2) is 23.2 Å². The van der Waals surface area contributed by atoms with Gasteiger partial charge in [-0.05, 0) is 39.1 Å². The van der Waals surface area contributed by atoms with E-state index in [1.807, 2.05) is 68.3 Å². The molecule has 0 saturated heterocycles. The van der Waals surface area contributed by atoms with E-state index in [9.17, 15) is 4.79 Å². The number of hydrogen-bond acceptors (Lipinski definition) is 10. The predicted molar refractivity (Wildman–Crippen MR) is 155 cm³/mol. The number of aryl methyl sites for hydroxylation is 1. The van der Waals surface area contributed by atoms with Crippen LogP contribution in [0, 0.1) is 0 Å². The number of ether oxygens (including phenoxy) is 1. The van der Waals surface area contributed by atoms with Crippen LogP contribution >= 0.6 is 0 Å². The first kappa shape index (κ1) is 27.2. The molecule has 4 aromatic rings. The molecule has 1 aliphatic rings. The summed E-state index contributed by atoms with van der Waals surface area (Å²) in [6, 6.07) is 7.68. The minimum Gasteiger partial charge on any atom is -0.494 e. The molecule has 1 aliphatic carbocycles. The Morgan fingerprint density at radius 1 is 0.975 bits per heavy atom. The summed E-state index contributed by atoms with van der Waals surface area (Å²) in [7, 11) is 11.4. The number of anilines is 4. The van der Waals surface area contributed by atoms with E-state index in [0.717, 1.165) is 29.8 Å². The lowest BCUT2D eigenvalue weighted by Gasteiger charge is -2.27. The lowest BCUT2D eigenvalue weighted by Crippen LogP contribution is -2.29. The minimum atomic E-state index is -0.0151. The molecule has 1 saturated carbocycles. The Morgan fingerprint density at radius 3 is 2.30 bits per heavy atom. The number of para-hydroxylation sites is 1. The monoisotopic (exact) mass is 541 g/mol. The molecule has 208 valence electrons. The van der Waals surface area contributed by atoms with E-state index in [0.29, 0.717) is 40.9 Å². The Morgan fingerprint density at radius 2 is 1.73 bits per heavy atom. The van der Waals surface area contributed by atoms with Gasteiger partial charge in [-0.15, -0.1) is 0 Å². The summed E-state index contributed by atoms with van der Waals surface area (Å²) in [6.07, 6.45) is 9.42. The zero-order valence-electron chi connectivity index (χ0n) is 24.1. The molecule has 40 heavy (non-hydrogen) atoms. The first-order valence-electron chi connectivity index (χ1n) is 13.2. The SMILES string of the molecule is CCC(=O)c1cnc(N(C)c2cnc(C3(N(C)C)CC3)cn2)cc1N(C)c1cccc(-c2ncn(C)n2)c1OC. The number of nitrogens with zero attached hydrogens (tertiary/aromatic N) is 9. The maximum atomic E-state index is 13.0. The second-order valence-corrected chi connectivity index (χ2v) is 10.2. The van der Waals surface area contributed by atoms with Crippen molar-refractivity contribution in [2.75, 3.05) is 45.1 Å². The molecule has 0 spiro atoms. The van der Waals surface area contributed by atoms with Gasteiger partial charge in [-0.3, -0.25) is 19.4 Å². The molecule has 11 nitrogen and oxygen atoms in total. The summed E-state index contributed by atoms with van der Waals surface area (Å²) in [4.78, 5) is 37.5. The van der Waals surface area contributed by atoms with Crippen LogP contribution in [0.5, 0.6) is 5.75 Å². The van der Waals surface area contributed by atoms with Crippen molar-refractivity contribution in [3.8, 4) is 17.1 Å². The highest BCUT2D eigenvalue weighted by atomic mass is 16.5. The molecule has 0 N–H and O–H groups in total. The Labute approximate surface area is 234 Å². The Kier molecular flexibility index (Phi) is 7.24. The largest absolute Gasteiger partial charge is 0.494 e. The molecular weight excluding hydrogens is 506 g/mol. The van der Waals surface area contributed by atoms with Gasteiger partial charge in [-0.1, -0.05) is 13.0 Å². The Hall–Kier alpha value is -4.38. The number of carbonyl (C=O) groups excluding carboxylic acids is 1. The summed E-state index contributed by atoms with van der Waals surface area (Å²) in [5.74, 6) is 2.45. The van der Waals surface area contributed by atoms with Gasteiger partial charge in [0.25, 0.3) is 0 Å². The summed E-state index contributed by atoms with van der Waals surface area (Å²) in [5, 5.41) is 4.45. The number of pyridine rings is 1. The Balaban J connectivity index is 1.53. The van der Waals surface area contributed by atoms with Gasteiger partial charge >= 0.3 is 0 Å². The predicted octanol–water partition coefficient (Wildman–Crippen LogP) is 4.35. The van der Waals surface area contributed by atoms with E-state index in [4.69, 9.17) is 14.7 Å². The van der Waals surface area contributed by atoms with Gasteiger partial charge in [0, 0.05) is 39.8 Å². The van der Waals surface area contributed by atoms with Crippen LogP contribution in [-0.2, 0) is 12.6 Å². The zero-order chi connectivity index (χ0) is 28.6. The van der Waals surface area contributed by atoms with Crippen molar-refractivity contribution in [1.29, 1.82) is 0 Å². The third-order valence-corrected chi connectivity index (χ3v) is 7.63. The number of hydrogen-bond donors (Lipinski definition) is 0. The van der Waals surface area contributed by atoms with Crippen LogP contribution in [0.3, 0.4) is 0 Å². The molecule has 0 radical (unpaired) electrons. The van der Waals surface area contributed by atoms with E-state index in [1.165, 1.54) is 0 Å². The molecule has 0 amide bonds. The number of carbonyl (C=O) groups is 1. The molecule has 0 aliphatic heterocycles. The van der Waals surface area contributed by atoms with Crippen molar-refractivity contribution in [1.82, 2.24) is 34.6 Å². The number of Topliss-reactive ketones (excluding diaryl/α,β-unsaturated/α-hetero) is 1. The van der Waals surface area contributed by atoms with Gasteiger partial charge in [0.05, 0.1) is 53.2 Å².